The Morgan fingerprint density at radius 1 is 1.09 bits per heavy atom. The Balaban J connectivity index is 2.78. The smallest absolute Gasteiger partial charge is 0.111 e. The lowest BCUT2D eigenvalue weighted by Gasteiger charge is -2.26. The molecule has 60 valence electrons. The van der Waals surface area contributed by atoms with Crippen molar-refractivity contribution in [2.75, 3.05) is 0 Å². The van der Waals surface area contributed by atoms with E-state index in [0.29, 0.717) is 0 Å². The van der Waals surface area contributed by atoms with Gasteiger partial charge in [0.1, 0.15) is 18.3 Å². The fraction of sp³-hybridized carbons (Fsp3) is 0.571. The summed E-state index contributed by atoms with van der Waals surface area (Å²) >= 11 is 0. The summed E-state index contributed by atoms with van der Waals surface area (Å²) in [7, 11) is 0. The molecule has 0 saturated carbocycles. The van der Waals surface area contributed by atoms with Gasteiger partial charge in [-0.25, -0.2) is 0 Å². The van der Waals surface area contributed by atoms with Crippen molar-refractivity contribution in [1.29, 1.82) is 5.26 Å². The number of aliphatic hydroxyl groups excluding tert-OH is 3. The topological polar surface area (TPSA) is 84.5 Å². The molecule has 0 aromatic carbocycles. The Kier molecular flexibility index (Phi) is 2.25. The fourth-order valence-corrected chi connectivity index (χ4v) is 0.995. The third kappa shape index (κ3) is 1.40. The third-order valence-corrected chi connectivity index (χ3v) is 1.73. The molecule has 1 aliphatic carbocycles. The van der Waals surface area contributed by atoms with E-state index in [-0.39, 0.29) is 0 Å². The van der Waals surface area contributed by atoms with E-state index < -0.39 is 24.2 Å². The average Bonchev–Trinajstić information content (AvgIpc) is 2.01. The summed E-state index contributed by atoms with van der Waals surface area (Å²) in [4.78, 5) is 0. The normalized spacial score (nSPS) is 43.5. The fourth-order valence-electron chi connectivity index (χ4n) is 0.995. The molecule has 11 heavy (non-hydrogen) atoms. The lowest BCUT2D eigenvalue weighted by atomic mass is 9.90. The predicted molar refractivity (Wildman–Crippen MR) is 36.3 cm³/mol. The monoisotopic (exact) mass is 155 g/mol. The lowest BCUT2D eigenvalue weighted by Crippen LogP contribution is -2.43. The first-order valence-electron chi connectivity index (χ1n) is 3.29. The van der Waals surface area contributed by atoms with Gasteiger partial charge in [0.15, 0.2) is 0 Å². The molecule has 0 radical (unpaired) electrons. The highest BCUT2D eigenvalue weighted by atomic mass is 16.4. The quantitative estimate of drug-likeness (QED) is 0.383. The molecule has 0 spiro atoms. The van der Waals surface area contributed by atoms with E-state index in [1.807, 2.05) is 0 Å². The van der Waals surface area contributed by atoms with Crippen LogP contribution < -0.4 is 0 Å². The molecular formula is C7H9NO3. The number of rotatable bonds is 0. The maximum Gasteiger partial charge on any atom is 0.111 e. The number of hydrogen-bond acceptors (Lipinski definition) is 4. The second-order valence-corrected chi connectivity index (χ2v) is 2.51. The molecule has 0 fully saturated rings. The Morgan fingerprint density at radius 2 is 1.73 bits per heavy atom. The molecule has 4 atom stereocenters. The van der Waals surface area contributed by atoms with E-state index in [1.54, 1.807) is 6.07 Å². The van der Waals surface area contributed by atoms with Gasteiger partial charge in [0.05, 0.1) is 12.0 Å². The van der Waals surface area contributed by atoms with E-state index in [4.69, 9.17) is 20.6 Å². The second kappa shape index (κ2) is 3.01. The number of nitriles is 1. The second-order valence-electron chi connectivity index (χ2n) is 2.51. The highest BCUT2D eigenvalue weighted by Gasteiger charge is 2.32. The summed E-state index contributed by atoms with van der Waals surface area (Å²) in [6.45, 7) is 0. The van der Waals surface area contributed by atoms with Gasteiger partial charge in [-0.15, -0.1) is 0 Å². The molecule has 3 N–H and O–H groups in total. The van der Waals surface area contributed by atoms with Gasteiger partial charge >= 0.3 is 0 Å². The van der Waals surface area contributed by atoms with E-state index in [2.05, 4.69) is 0 Å². The minimum absolute atomic E-state index is 0.714. The molecule has 1 aliphatic rings. The minimum atomic E-state index is -1.25. The van der Waals surface area contributed by atoms with Crippen molar-refractivity contribution < 1.29 is 15.3 Å². The van der Waals surface area contributed by atoms with Crippen molar-refractivity contribution in [2.45, 2.75) is 18.3 Å². The van der Waals surface area contributed by atoms with Crippen molar-refractivity contribution in [3.8, 4) is 6.07 Å². The molecule has 0 unspecified atom stereocenters. The molecule has 0 saturated heterocycles. The lowest BCUT2D eigenvalue weighted by molar-refractivity contribution is -0.0568. The molecule has 4 heteroatoms. The zero-order valence-corrected chi connectivity index (χ0v) is 5.75. The molecule has 0 aliphatic heterocycles. The van der Waals surface area contributed by atoms with Crippen LogP contribution in [-0.2, 0) is 0 Å². The van der Waals surface area contributed by atoms with Gasteiger partial charge in [-0.05, 0) is 0 Å². The van der Waals surface area contributed by atoms with Gasteiger partial charge in [0.2, 0.25) is 0 Å². The maximum atomic E-state index is 9.12. The first-order valence-corrected chi connectivity index (χ1v) is 3.29. The minimum Gasteiger partial charge on any atom is -0.389 e. The molecular weight excluding hydrogens is 146 g/mol. The maximum absolute atomic E-state index is 9.12. The van der Waals surface area contributed by atoms with Crippen molar-refractivity contribution in [3.05, 3.63) is 12.2 Å². The van der Waals surface area contributed by atoms with E-state index in [1.165, 1.54) is 12.2 Å². The summed E-state index contributed by atoms with van der Waals surface area (Å²) in [5.74, 6) is -0.714. The Morgan fingerprint density at radius 3 is 2.27 bits per heavy atom. The number of aliphatic hydroxyl groups is 3. The van der Waals surface area contributed by atoms with E-state index in [9.17, 15) is 0 Å². The van der Waals surface area contributed by atoms with Crippen LogP contribution in [0.1, 0.15) is 0 Å². The number of nitrogens with zero attached hydrogens (tertiary/aromatic N) is 1. The van der Waals surface area contributed by atoms with Gasteiger partial charge in [-0.3, -0.25) is 0 Å². The average molecular weight is 155 g/mol. The van der Waals surface area contributed by atoms with Crippen LogP contribution in [0, 0.1) is 17.2 Å². The van der Waals surface area contributed by atoms with Crippen molar-refractivity contribution in [3.63, 3.8) is 0 Å². The largest absolute Gasteiger partial charge is 0.389 e. The van der Waals surface area contributed by atoms with Crippen molar-refractivity contribution >= 4 is 0 Å². The SMILES string of the molecule is N#C[C@@H]1C=C[C@@H](O)[C@H](O)[C@H]1O. The van der Waals surface area contributed by atoms with E-state index >= 15 is 0 Å². The van der Waals surface area contributed by atoms with Gasteiger partial charge in [0, 0.05) is 0 Å². The standard InChI is InChI=1S/C7H9NO3/c8-3-4-1-2-5(9)7(11)6(4)10/h1-2,4-7,9-11H/t4-,5+,6-,7-/m0/s1. The van der Waals surface area contributed by atoms with E-state index in [0.717, 1.165) is 0 Å². The van der Waals surface area contributed by atoms with Gasteiger partial charge in [-0.1, -0.05) is 12.2 Å². The molecule has 0 bridgehead atoms. The van der Waals surface area contributed by atoms with Gasteiger partial charge in [0.25, 0.3) is 0 Å². The van der Waals surface area contributed by atoms with Crippen LogP contribution in [0.2, 0.25) is 0 Å². The van der Waals surface area contributed by atoms with Gasteiger partial charge in [-0.2, -0.15) is 5.26 Å². The van der Waals surface area contributed by atoms with Crippen LogP contribution in [0.3, 0.4) is 0 Å². The zero-order valence-electron chi connectivity index (χ0n) is 5.75. The molecule has 1 rings (SSSR count). The summed E-state index contributed by atoms with van der Waals surface area (Å²) in [6.07, 6.45) is -0.785. The van der Waals surface area contributed by atoms with Crippen LogP contribution in [-0.4, -0.2) is 33.6 Å². The van der Waals surface area contributed by atoms with Crippen LogP contribution >= 0.6 is 0 Å². The Labute approximate surface area is 64.0 Å². The van der Waals surface area contributed by atoms with Crippen LogP contribution in [0.15, 0.2) is 12.2 Å². The molecule has 0 amide bonds. The van der Waals surface area contributed by atoms with Crippen molar-refractivity contribution in [2.24, 2.45) is 5.92 Å². The molecule has 0 aromatic rings. The predicted octanol–water partition coefficient (Wildman–Crippen LogP) is -1.22. The van der Waals surface area contributed by atoms with Gasteiger partial charge < -0.3 is 15.3 Å². The van der Waals surface area contributed by atoms with Crippen LogP contribution in [0.4, 0.5) is 0 Å². The molecule has 0 heterocycles. The first-order chi connectivity index (χ1) is 5.16. The molecule has 4 nitrogen and oxygen atoms in total. The van der Waals surface area contributed by atoms with Crippen molar-refractivity contribution in [1.82, 2.24) is 0 Å². The zero-order chi connectivity index (χ0) is 8.43. The molecule has 0 aromatic heterocycles. The first kappa shape index (κ1) is 8.21. The Hall–Kier alpha value is -0.890. The highest BCUT2D eigenvalue weighted by molar-refractivity contribution is 5.13. The van der Waals surface area contributed by atoms with Crippen LogP contribution in [0.5, 0.6) is 0 Å². The summed E-state index contributed by atoms with van der Waals surface area (Å²) in [5, 5.41) is 35.5. The summed E-state index contributed by atoms with van der Waals surface area (Å²) in [5.41, 5.74) is 0. The highest BCUT2D eigenvalue weighted by Crippen LogP contribution is 2.17. The third-order valence-electron chi connectivity index (χ3n) is 1.73. The van der Waals surface area contributed by atoms with Crippen LogP contribution in [0.25, 0.3) is 0 Å². The Bertz CT molecular complexity index is 208. The summed E-state index contributed by atoms with van der Waals surface area (Å²) in [6, 6.07) is 1.80. The summed E-state index contributed by atoms with van der Waals surface area (Å²) < 4.78 is 0. The number of hydrogen-bond donors (Lipinski definition) is 3.